The van der Waals surface area contributed by atoms with Gasteiger partial charge in [-0.2, -0.15) is 0 Å². The fraction of sp³-hybridized carbons (Fsp3) is 0.353. The summed E-state index contributed by atoms with van der Waals surface area (Å²) in [6.07, 6.45) is 6.06. The third-order valence-corrected chi connectivity index (χ3v) is 3.17. The van der Waals surface area contributed by atoms with E-state index >= 15 is 0 Å². The highest BCUT2D eigenvalue weighted by Gasteiger charge is 2.02. The Morgan fingerprint density at radius 1 is 1.29 bits per heavy atom. The van der Waals surface area contributed by atoms with Gasteiger partial charge in [-0.1, -0.05) is 36.8 Å². The van der Waals surface area contributed by atoms with Crippen LogP contribution in [0.3, 0.4) is 0 Å². The zero-order valence-corrected chi connectivity index (χ0v) is 13.1. The fourth-order valence-electron chi connectivity index (χ4n) is 2.11. The van der Waals surface area contributed by atoms with Crippen LogP contribution in [0, 0.1) is 5.92 Å². The molecule has 0 fully saturated rings. The van der Waals surface area contributed by atoms with E-state index in [4.69, 9.17) is 5.21 Å². The summed E-state index contributed by atoms with van der Waals surface area (Å²) in [6.45, 7) is 4.08. The number of nitrogens with one attached hydrogen (secondary N) is 1. The summed E-state index contributed by atoms with van der Waals surface area (Å²) in [5.41, 5.74) is 5.04. The number of hydrogen-bond acceptors (Lipinski definition) is 3. The van der Waals surface area contributed by atoms with Gasteiger partial charge in [-0.3, -0.25) is 10.0 Å². The fourth-order valence-corrected chi connectivity index (χ4v) is 2.11. The number of hydroxylamine groups is 1. The van der Waals surface area contributed by atoms with Crippen LogP contribution in [0.4, 0.5) is 5.69 Å². The molecule has 21 heavy (non-hydrogen) atoms. The molecule has 0 saturated carbocycles. The predicted molar refractivity (Wildman–Crippen MR) is 86.5 cm³/mol. The van der Waals surface area contributed by atoms with Crippen LogP contribution in [-0.4, -0.2) is 25.2 Å². The molecule has 1 unspecified atom stereocenters. The Balaban J connectivity index is 2.61. The summed E-state index contributed by atoms with van der Waals surface area (Å²) < 4.78 is 0. The highest BCUT2D eigenvalue weighted by molar-refractivity contribution is 5.86. The van der Waals surface area contributed by atoms with E-state index in [1.165, 1.54) is 17.3 Å². The van der Waals surface area contributed by atoms with Crippen LogP contribution in [0.15, 0.2) is 48.1 Å². The minimum Gasteiger partial charge on any atom is -0.378 e. The minimum absolute atomic E-state index is 0.372. The Morgan fingerprint density at radius 2 is 1.90 bits per heavy atom. The normalized spacial score (nSPS) is 13.3. The van der Waals surface area contributed by atoms with Crippen molar-refractivity contribution in [3.05, 3.63) is 53.6 Å². The van der Waals surface area contributed by atoms with Gasteiger partial charge in [-0.15, -0.1) is 0 Å². The van der Waals surface area contributed by atoms with Gasteiger partial charge in [0, 0.05) is 25.9 Å². The molecule has 1 rings (SSSR count). The van der Waals surface area contributed by atoms with E-state index in [9.17, 15) is 4.79 Å². The molecular weight excluding hydrogens is 264 g/mol. The Kier molecular flexibility index (Phi) is 6.69. The zero-order chi connectivity index (χ0) is 15.8. The van der Waals surface area contributed by atoms with Gasteiger partial charge in [0.05, 0.1) is 0 Å². The van der Waals surface area contributed by atoms with Gasteiger partial charge in [-0.25, -0.2) is 5.48 Å². The molecule has 0 spiro atoms. The Hall–Kier alpha value is -2.07. The number of benzene rings is 1. The molecule has 0 aliphatic heterocycles. The molecule has 1 amide bonds. The lowest BCUT2D eigenvalue weighted by atomic mass is 9.98. The maximum absolute atomic E-state index is 10.9. The second-order valence-corrected chi connectivity index (χ2v) is 5.46. The topological polar surface area (TPSA) is 52.6 Å². The van der Waals surface area contributed by atoms with Crippen molar-refractivity contribution in [1.29, 1.82) is 0 Å². The zero-order valence-electron chi connectivity index (χ0n) is 13.1. The largest absolute Gasteiger partial charge is 0.378 e. The average molecular weight is 288 g/mol. The van der Waals surface area contributed by atoms with Gasteiger partial charge in [0.1, 0.15) is 0 Å². The SMILES string of the molecule is CC(/C=C/C(=O)NO)=C\C(C)Cc1ccc(N(C)C)cc1. The average Bonchev–Trinajstić information content (AvgIpc) is 2.45. The van der Waals surface area contributed by atoms with E-state index in [0.717, 1.165) is 12.0 Å². The number of allylic oxidation sites excluding steroid dienone is 3. The first-order valence-electron chi connectivity index (χ1n) is 6.99. The highest BCUT2D eigenvalue weighted by Crippen LogP contribution is 2.16. The minimum atomic E-state index is -0.519. The van der Waals surface area contributed by atoms with Gasteiger partial charge < -0.3 is 4.90 Å². The lowest BCUT2D eigenvalue weighted by Crippen LogP contribution is -2.14. The van der Waals surface area contributed by atoms with Gasteiger partial charge in [0.25, 0.3) is 5.91 Å². The lowest BCUT2D eigenvalue weighted by molar-refractivity contribution is -0.124. The molecule has 1 atom stereocenters. The smallest absolute Gasteiger partial charge is 0.267 e. The Labute approximate surface area is 126 Å². The molecule has 0 radical (unpaired) electrons. The number of amides is 1. The summed E-state index contributed by atoms with van der Waals surface area (Å²) in [7, 11) is 4.05. The van der Waals surface area contributed by atoms with E-state index in [1.807, 2.05) is 21.0 Å². The molecule has 1 aromatic rings. The molecule has 114 valence electrons. The van der Waals surface area contributed by atoms with Crippen LogP contribution in [0.2, 0.25) is 0 Å². The number of hydrogen-bond donors (Lipinski definition) is 2. The van der Waals surface area contributed by atoms with Crippen molar-refractivity contribution in [1.82, 2.24) is 5.48 Å². The maximum Gasteiger partial charge on any atom is 0.267 e. The monoisotopic (exact) mass is 288 g/mol. The van der Waals surface area contributed by atoms with Crippen molar-refractivity contribution in [3.63, 3.8) is 0 Å². The Bertz CT molecular complexity index is 516. The van der Waals surface area contributed by atoms with E-state index in [2.05, 4.69) is 42.2 Å². The third-order valence-electron chi connectivity index (χ3n) is 3.17. The van der Waals surface area contributed by atoms with E-state index in [1.54, 1.807) is 11.6 Å². The predicted octanol–water partition coefficient (Wildman–Crippen LogP) is 2.94. The molecule has 0 heterocycles. The van der Waals surface area contributed by atoms with E-state index in [-0.39, 0.29) is 0 Å². The van der Waals surface area contributed by atoms with Crippen LogP contribution in [-0.2, 0) is 11.2 Å². The van der Waals surface area contributed by atoms with Gasteiger partial charge in [0.15, 0.2) is 0 Å². The maximum atomic E-state index is 10.9. The van der Waals surface area contributed by atoms with E-state index in [0.29, 0.717) is 5.92 Å². The summed E-state index contributed by atoms with van der Waals surface area (Å²) in [6, 6.07) is 8.52. The van der Waals surface area contributed by atoms with Crippen LogP contribution >= 0.6 is 0 Å². The van der Waals surface area contributed by atoms with Crippen molar-refractivity contribution in [2.24, 2.45) is 5.92 Å². The highest BCUT2D eigenvalue weighted by atomic mass is 16.5. The first-order valence-corrected chi connectivity index (χ1v) is 6.99. The van der Waals surface area contributed by atoms with Crippen molar-refractivity contribution >= 4 is 11.6 Å². The lowest BCUT2D eigenvalue weighted by Gasteiger charge is -2.13. The summed E-state index contributed by atoms with van der Waals surface area (Å²) in [4.78, 5) is 13.0. The third kappa shape index (κ3) is 6.27. The first-order chi connectivity index (χ1) is 9.92. The molecule has 4 heteroatoms. The molecule has 4 nitrogen and oxygen atoms in total. The number of anilines is 1. The van der Waals surface area contributed by atoms with Crippen LogP contribution in [0.25, 0.3) is 0 Å². The second-order valence-electron chi connectivity index (χ2n) is 5.46. The van der Waals surface area contributed by atoms with Crippen LogP contribution in [0.1, 0.15) is 19.4 Å². The van der Waals surface area contributed by atoms with Crippen LogP contribution in [0.5, 0.6) is 0 Å². The van der Waals surface area contributed by atoms with Crippen LogP contribution < -0.4 is 10.4 Å². The molecule has 0 aromatic heterocycles. The second kappa shape index (κ2) is 8.27. The molecular formula is C17H24N2O2. The summed E-state index contributed by atoms with van der Waals surface area (Å²) in [5.74, 6) is -0.147. The molecule has 2 N–H and O–H groups in total. The summed E-state index contributed by atoms with van der Waals surface area (Å²) in [5, 5.41) is 8.41. The Morgan fingerprint density at radius 3 is 2.43 bits per heavy atom. The first kappa shape index (κ1) is 17.0. The molecule has 0 aliphatic carbocycles. The van der Waals surface area contributed by atoms with E-state index < -0.39 is 5.91 Å². The molecule has 0 aliphatic rings. The van der Waals surface area contributed by atoms with Crippen molar-refractivity contribution in [2.75, 3.05) is 19.0 Å². The molecule has 1 aromatic carbocycles. The molecule has 0 saturated heterocycles. The quantitative estimate of drug-likeness (QED) is 0.366. The van der Waals surface area contributed by atoms with Crippen molar-refractivity contribution in [3.8, 4) is 0 Å². The number of carbonyl (C=O) groups is 1. The van der Waals surface area contributed by atoms with Gasteiger partial charge in [0.2, 0.25) is 0 Å². The number of nitrogens with zero attached hydrogens (tertiary/aromatic N) is 1. The van der Waals surface area contributed by atoms with Crippen molar-refractivity contribution in [2.45, 2.75) is 20.3 Å². The summed E-state index contributed by atoms with van der Waals surface area (Å²) >= 11 is 0. The molecule has 0 bridgehead atoms. The number of rotatable bonds is 6. The van der Waals surface area contributed by atoms with Gasteiger partial charge >= 0.3 is 0 Å². The standard InChI is InChI=1S/C17H24N2O2/c1-13(5-10-17(20)18-21)11-14(2)12-15-6-8-16(9-7-15)19(3)4/h5-11,14,21H,12H2,1-4H3,(H,18,20)/b10-5+,13-11+. The van der Waals surface area contributed by atoms with Crippen molar-refractivity contribution < 1.29 is 10.0 Å². The number of carbonyl (C=O) groups excluding carboxylic acids is 1. The van der Waals surface area contributed by atoms with Gasteiger partial charge in [-0.05, 0) is 37.0 Å².